The molecule has 11 nitrogen and oxygen atoms in total. The Morgan fingerprint density at radius 3 is 2.37 bits per heavy atom. The van der Waals surface area contributed by atoms with Gasteiger partial charge >= 0.3 is 18.4 Å². The molecular formula is C25H23F5N4O7. The number of carbonyl (C=O) groups excluding carboxylic acids is 1. The summed E-state index contributed by atoms with van der Waals surface area (Å²) in [4.78, 5) is 25.9. The number of anilines is 3. The number of aliphatic carboxylic acids is 1. The first-order chi connectivity index (χ1) is 19.3. The van der Waals surface area contributed by atoms with Crippen molar-refractivity contribution in [2.24, 2.45) is 0 Å². The molecule has 4 rings (SSSR count). The summed E-state index contributed by atoms with van der Waals surface area (Å²) in [6.45, 7) is 0.176. The summed E-state index contributed by atoms with van der Waals surface area (Å²) in [5.41, 5.74) is 2.05. The van der Waals surface area contributed by atoms with Gasteiger partial charge in [-0.3, -0.25) is 4.79 Å². The van der Waals surface area contributed by atoms with Crippen LogP contribution in [0.2, 0.25) is 0 Å². The minimum absolute atomic E-state index is 0.109. The molecule has 2 aromatic carbocycles. The van der Waals surface area contributed by atoms with E-state index in [4.69, 9.17) is 15.0 Å². The molecule has 0 fully saturated rings. The predicted octanol–water partition coefficient (Wildman–Crippen LogP) is 3.67. The molecule has 1 aliphatic rings. The molecule has 2 heterocycles. The predicted molar refractivity (Wildman–Crippen MR) is 134 cm³/mol. The van der Waals surface area contributed by atoms with Gasteiger partial charge in [0.05, 0.1) is 18.3 Å². The average Bonchev–Trinajstić information content (AvgIpc) is 3.23. The van der Waals surface area contributed by atoms with Crippen LogP contribution in [0.1, 0.15) is 15.9 Å². The molecule has 220 valence electrons. The fraction of sp³-hybridized carbons (Fsp3) is 0.240. The van der Waals surface area contributed by atoms with Gasteiger partial charge in [-0.1, -0.05) is 12.1 Å². The van der Waals surface area contributed by atoms with Crippen LogP contribution in [0.25, 0.3) is 0 Å². The van der Waals surface area contributed by atoms with E-state index >= 15 is 0 Å². The van der Waals surface area contributed by atoms with Crippen LogP contribution in [0.4, 0.5) is 39.1 Å². The fourth-order valence-corrected chi connectivity index (χ4v) is 3.23. The topological polar surface area (TPSA) is 162 Å². The number of nitrogens with zero attached hydrogens (tertiary/aromatic N) is 1. The van der Waals surface area contributed by atoms with Crippen molar-refractivity contribution in [1.82, 2.24) is 4.98 Å². The van der Waals surface area contributed by atoms with Gasteiger partial charge in [0.25, 0.3) is 5.91 Å². The number of aliphatic hydroxyl groups is 2. The first-order valence-electron chi connectivity index (χ1n) is 11.6. The molecule has 1 amide bonds. The molecule has 1 unspecified atom stereocenters. The van der Waals surface area contributed by atoms with E-state index in [1.807, 2.05) is 0 Å². The monoisotopic (exact) mass is 586 g/mol. The molecular weight excluding hydrogens is 563 g/mol. The van der Waals surface area contributed by atoms with Gasteiger partial charge in [0.15, 0.2) is 11.5 Å². The van der Waals surface area contributed by atoms with Crippen LogP contribution in [0, 0.1) is 0 Å². The summed E-state index contributed by atoms with van der Waals surface area (Å²) in [7, 11) is 0. The second kappa shape index (κ2) is 13.1. The minimum atomic E-state index is -5.08. The number of amides is 1. The van der Waals surface area contributed by atoms with Gasteiger partial charge in [-0.05, 0) is 42.0 Å². The first kappa shape index (κ1) is 30.8. The summed E-state index contributed by atoms with van der Waals surface area (Å²) in [5, 5.41) is 34.3. The Bertz CT molecular complexity index is 1370. The van der Waals surface area contributed by atoms with Crippen molar-refractivity contribution < 1.29 is 56.3 Å². The third kappa shape index (κ3) is 9.18. The van der Waals surface area contributed by atoms with E-state index in [0.717, 1.165) is 5.56 Å². The number of carboxylic acid groups (broad SMARTS) is 1. The number of hydrogen-bond acceptors (Lipinski definition) is 9. The third-order valence-electron chi connectivity index (χ3n) is 5.11. The number of aromatic nitrogens is 1. The van der Waals surface area contributed by atoms with E-state index in [1.54, 1.807) is 42.6 Å². The lowest BCUT2D eigenvalue weighted by Crippen LogP contribution is -2.25. The van der Waals surface area contributed by atoms with Crippen LogP contribution in [0.3, 0.4) is 0 Å². The van der Waals surface area contributed by atoms with Gasteiger partial charge in [0.2, 0.25) is 0 Å². The normalized spacial score (nSPS) is 13.8. The van der Waals surface area contributed by atoms with Gasteiger partial charge in [-0.15, -0.1) is 8.78 Å². The number of para-hydroxylation sites is 1. The lowest BCUT2D eigenvalue weighted by atomic mass is 10.1. The highest BCUT2D eigenvalue weighted by Gasteiger charge is 2.43. The van der Waals surface area contributed by atoms with Crippen LogP contribution in [0.5, 0.6) is 11.5 Å². The Labute approximate surface area is 228 Å². The Morgan fingerprint density at radius 2 is 1.68 bits per heavy atom. The van der Waals surface area contributed by atoms with Crippen LogP contribution >= 0.6 is 0 Å². The molecule has 1 atom stereocenters. The second-order valence-corrected chi connectivity index (χ2v) is 8.25. The first-order valence-corrected chi connectivity index (χ1v) is 11.6. The number of alkyl halides is 5. The minimum Gasteiger partial charge on any atom is -0.475 e. The summed E-state index contributed by atoms with van der Waals surface area (Å²) < 4.78 is 67.0. The van der Waals surface area contributed by atoms with E-state index in [0.29, 0.717) is 23.6 Å². The van der Waals surface area contributed by atoms with Crippen LogP contribution < -0.4 is 25.4 Å². The second-order valence-electron chi connectivity index (χ2n) is 8.25. The Hall–Kier alpha value is -4.70. The van der Waals surface area contributed by atoms with Crippen molar-refractivity contribution in [2.45, 2.75) is 25.1 Å². The van der Waals surface area contributed by atoms with Crippen molar-refractivity contribution in [3.63, 3.8) is 0 Å². The molecule has 0 saturated carbocycles. The van der Waals surface area contributed by atoms with Gasteiger partial charge in [0.1, 0.15) is 5.82 Å². The number of hydrogen-bond donors (Lipinski definition) is 6. The van der Waals surface area contributed by atoms with Gasteiger partial charge in [0, 0.05) is 36.7 Å². The lowest BCUT2D eigenvalue weighted by Gasteiger charge is -2.14. The number of fused-ring (bicyclic) bond motifs is 1. The molecule has 0 spiro atoms. The van der Waals surface area contributed by atoms with Crippen molar-refractivity contribution in [3.8, 4) is 11.5 Å². The maximum absolute atomic E-state index is 13.2. The summed E-state index contributed by atoms with van der Waals surface area (Å²) >= 11 is 0. The number of aliphatic hydroxyl groups excluding tert-OH is 2. The molecule has 6 N–H and O–H groups in total. The van der Waals surface area contributed by atoms with Crippen LogP contribution in [-0.2, 0) is 11.3 Å². The molecule has 16 heteroatoms. The number of carbonyl (C=O) groups is 2. The van der Waals surface area contributed by atoms with E-state index < -0.39 is 30.5 Å². The van der Waals surface area contributed by atoms with Crippen molar-refractivity contribution in [1.29, 1.82) is 0 Å². The maximum Gasteiger partial charge on any atom is 0.586 e. The summed E-state index contributed by atoms with van der Waals surface area (Å²) in [5.74, 6) is -2.94. The van der Waals surface area contributed by atoms with E-state index in [2.05, 4.69) is 30.4 Å². The van der Waals surface area contributed by atoms with Crippen molar-refractivity contribution in [2.75, 3.05) is 29.1 Å². The molecule has 3 aromatic rings. The molecule has 0 bridgehead atoms. The molecule has 1 aliphatic heterocycles. The number of pyridine rings is 1. The van der Waals surface area contributed by atoms with Crippen molar-refractivity contribution in [3.05, 3.63) is 71.9 Å². The zero-order valence-electron chi connectivity index (χ0n) is 20.8. The van der Waals surface area contributed by atoms with Gasteiger partial charge < -0.3 is 40.7 Å². The van der Waals surface area contributed by atoms with E-state index in [-0.39, 0.29) is 30.3 Å². The molecule has 1 aromatic heterocycles. The quantitative estimate of drug-likeness (QED) is 0.204. The molecule has 0 aliphatic carbocycles. The fourth-order valence-electron chi connectivity index (χ4n) is 3.23. The summed E-state index contributed by atoms with van der Waals surface area (Å²) in [6, 6.07) is 14.4. The largest absolute Gasteiger partial charge is 0.586 e. The Balaban J connectivity index is 0.000000587. The number of nitrogens with one attached hydrogen (secondary N) is 3. The maximum atomic E-state index is 13.2. The number of carboxylic acids is 1. The van der Waals surface area contributed by atoms with Gasteiger partial charge in [-0.25, -0.2) is 9.78 Å². The Morgan fingerprint density at radius 1 is 1.00 bits per heavy atom. The van der Waals surface area contributed by atoms with E-state index in [9.17, 15) is 31.9 Å². The standard InChI is InChI=1S/C23H22F2N4O5.C2HF3O2/c24-23(25)33-19-6-5-15(10-20(19)34-23)29-22(32)17-3-1-2-4-18(17)27-11-14-7-8-26-21(9-14)28-12-16(31)13-30;3-2(4,5)1(6)7/h1-10,16,27,30-31H,11-13H2,(H,26,28)(H,29,32);(H,6,7). The zero-order valence-corrected chi connectivity index (χ0v) is 20.8. The molecule has 0 radical (unpaired) electrons. The number of halogens is 5. The van der Waals surface area contributed by atoms with E-state index in [1.165, 1.54) is 18.2 Å². The number of benzene rings is 2. The van der Waals surface area contributed by atoms with Crippen LogP contribution in [0.15, 0.2) is 60.8 Å². The number of rotatable bonds is 9. The Kier molecular flexibility index (Phi) is 9.85. The van der Waals surface area contributed by atoms with Crippen molar-refractivity contribution >= 4 is 29.1 Å². The SMILES string of the molecule is O=C(Nc1ccc2c(c1)OC(F)(F)O2)c1ccccc1NCc1ccnc(NCC(O)CO)c1.O=C(O)C(F)(F)F. The van der Waals surface area contributed by atoms with Gasteiger partial charge in [-0.2, -0.15) is 13.2 Å². The number of ether oxygens (including phenoxy) is 2. The highest BCUT2D eigenvalue weighted by atomic mass is 19.4. The molecule has 0 saturated heterocycles. The lowest BCUT2D eigenvalue weighted by molar-refractivity contribution is -0.286. The zero-order chi connectivity index (χ0) is 30.2. The summed E-state index contributed by atoms with van der Waals surface area (Å²) in [6.07, 6.45) is -8.11. The third-order valence-corrected chi connectivity index (χ3v) is 5.11. The smallest absolute Gasteiger partial charge is 0.475 e. The van der Waals surface area contributed by atoms with Crippen LogP contribution in [-0.4, -0.2) is 63.9 Å². The average molecular weight is 586 g/mol. The molecule has 41 heavy (non-hydrogen) atoms. The highest BCUT2D eigenvalue weighted by molar-refractivity contribution is 6.08. The highest BCUT2D eigenvalue weighted by Crippen LogP contribution is 2.42.